The number of benzene rings is 1. The lowest BCUT2D eigenvalue weighted by molar-refractivity contribution is 0.272. The molecule has 1 aliphatic rings. The van der Waals surface area contributed by atoms with Crippen molar-refractivity contribution < 1.29 is 0 Å². The molecule has 110 valence electrons. The molecule has 0 aliphatic heterocycles. The maximum absolute atomic E-state index is 12.2. The molecule has 0 atom stereocenters. The van der Waals surface area contributed by atoms with Crippen LogP contribution >= 0.6 is 11.6 Å². The van der Waals surface area contributed by atoms with Crippen LogP contribution in [-0.4, -0.2) is 9.13 Å². The van der Waals surface area contributed by atoms with Gasteiger partial charge in [-0.1, -0.05) is 30.2 Å². The van der Waals surface area contributed by atoms with Crippen LogP contribution in [0.4, 0.5) is 0 Å². The highest BCUT2D eigenvalue weighted by molar-refractivity contribution is 6.30. The molecule has 0 amide bonds. The second-order valence-electron chi connectivity index (χ2n) is 5.62. The summed E-state index contributed by atoms with van der Waals surface area (Å²) in [5.74, 6) is 0.547. The summed E-state index contributed by atoms with van der Waals surface area (Å²) in [6, 6.07) is 7.30. The minimum atomic E-state index is -0.475. The van der Waals surface area contributed by atoms with Gasteiger partial charge < -0.3 is 9.13 Å². The van der Waals surface area contributed by atoms with E-state index in [4.69, 9.17) is 11.6 Å². The number of nitrogens with zero attached hydrogens (tertiary/aromatic N) is 2. The normalized spacial score (nSPS) is 14.9. The third kappa shape index (κ3) is 3.10. The molecule has 0 spiro atoms. The molecule has 3 rings (SSSR count). The molecular weight excluding hydrogens is 288 g/mol. The minimum absolute atomic E-state index is 0.360. The molecule has 0 bridgehead atoms. The van der Waals surface area contributed by atoms with E-state index in [0.29, 0.717) is 24.0 Å². The lowest BCUT2D eigenvalue weighted by Crippen LogP contribution is -2.42. The smallest absolute Gasteiger partial charge is 0.309 e. The zero-order valence-electron chi connectivity index (χ0n) is 11.7. The van der Waals surface area contributed by atoms with E-state index in [0.717, 1.165) is 18.4 Å². The van der Waals surface area contributed by atoms with Gasteiger partial charge in [-0.15, -0.1) is 0 Å². The summed E-state index contributed by atoms with van der Waals surface area (Å²) in [7, 11) is 0. The highest BCUT2D eigenvalue weighted by atomic mass is 35.5. The van der Waals surface area contributed by atoms with Crippen LogP contribution in [0.2, 0.25) is 5.02 Å². The highest BCUT2D eigenvalue weighted by Crippen LogP contribution is 2.27. The van der Waals surface area contributed by atoms with Crippen LogP contribution in [0.1, 0.15) is 24.8 Å². The van der Waals surface area contributed by atoms with E-state index in [9.17, 15) is 9.59 Å². The second kappa shape index (κ2) is 5.90. The first-order valence-electron chi connectivity index (χ1n) is 7.18. The van der Waals surface area contributed by atoms with Gasteiger partial charge in [-0.2, -0.15) is 0 Å². The van der Waals surface area contributed by atoms with E-state index in [1.165, 1.54) is 11.0 Å². The third-order valence-corrected chi connectivity index (χ3v) is 4.29. The Hall–Kier alpha value is -1.81. The van der Waals surface area contributed by atoms with Gasteiger partial charge in [0.1, 0.15) is 0 Å². The fourth-order valence-corrected chi connectivity index (χ4v) is 2.81. The SMILES string of the molecule is O=c1c(=O)n(CC2CCC2)ccn1Cc1cccc(Cl)c1. The molecule has 5 heteroatoms. The van der Waals surface area contributed by atoms with Crippen molar-refractivity contribution in [3.8, 4) is 0 Å². The Balaban J connectivity index is 1.85. The van der Waals surface area contributed by atoms with Gasteiger partial charge in [-0.05, 0) is 36.5 Å². The Labute approximate surface area is 127 Å². The van der Waals surface area contributed by atoms with Crippen LogP contribution in [0.5, 0.6) is 0 Å². The lowest BCUT2D eigenvalue weighted by Gasteiger charge is -2.25. The van der Waals surface area contributed by atoms with Crippen molar-refractivity contribution in [2.45, 2.75) is 32.4 Å². The van der Waals surface area contributed by atoms with E-state index in [-0.39, 0.29) is 0 Å². The molecule has 0 saturated heterocycles. The van der Waals surface area contributed by atoms with Gasteiger partial charge in [-0.3, -0.25) is 9.59 Å². The van der Waals surface area contributed by atoms with Crippen molar-refractivity contribution in [2.75, 3.05) is 0 Å². The summed E-state index contributed by atoms with van der Waals surface area (Å²) >= 11 is 5.93. The molecule has 0 unspecified atom stereocenters. The number of hydrogen-bond acceptors (Lipinski definition) is 2. The van der Waals surface area contributed by atoms with Crippen molar-refractivity contribution in [1.82, 2.24) is 9.13 Å². The third-order valence-electron chi connectivity index (χ3n) is 4.05. The van der Waals surface area contributed by atoms with Gasteiger partial charge in [0, 0.05) is 24.0 Å². The zero-order chi connectivity index (χ0) is 14.8. The van der Waals surface area contributed by atoms with E-state index >= 15 is 0 Å². The van der Waals surface area contributed by atoms with E-state index in [1.54, 1.807) is 29.1 Å². The Morgan fingerprint density at radius 3 is 2.48 bits per heavy atom. The first kappa shape index (κ1) is 14.1. The second-order valence-corrected chi connectivity index (χ2v) is 6.05. The summed E-state index contributed by atoms with van der Waals surface area (Å²) in [5.41, 5.74) is -0.0102. The van der Waals surface area contributed by atoms with E-state index < -0.39 is 11.1 Å². The molecule has 1 fully saturated rings. The maximum atomic E-state index is 12.2. The van der Waals surface area contributed by atoms with E-state index in [2.05, 4.69) is 0 Å². The number of aromatic nitrogens is 2. The molecule has 1 heterocycles. The molecule has 1 aliphatic carbocycles. The number of rotatable bonds is 4. The minimum Gasteiger partial charge on any atom is -0.309 e. The van der Waals surface area contributed by atoms with Crippen LogP contribution in [-0.2, 0) is 13.1 Å². The monoisotopic (exact) mass is 304 g/mol. The Morgan fingerprint density at radius 1 is 1.10 bits per heavy atom. The largest absolute Gasteiger partial charge is 0.316 e. The predicted molar refractivity (Wildman–Crippen MR) is 82.9 cm³/mol. The molecular formula is C16H17ClN2O2. The molecule has 0 radical (unpaired) electrons. The van der Waals surface area contributed by atoms with Crippen molar-refractivity contribution in [1.29, 1.82) is 0 Å². The zero-order valence-corrected chi connectivity index (χ0v) is 12.4. The Morgan fingerprint density at radius 2 is 1.81 bits per heavy atom. The first-order chi connectivity index (χ1) is 10.1. The van der Waals surface area contributed by atoms with Crippen LogP contribution in [0.15, 0.2) is 46.2 Å². The van der Waals surface area contributed by atoms with Crippen molar-refractivity contribution in [3.05, 3.63) is 68.0 Å². The number of hydrogen-bond donors (Lipinski definition) is 0. The van der Waals surface area contributed by atoms with Gasteiger partial charge in [0.15, 0.2) is 0 Å². The summed E-state index contributed by atoms with van der Waals surface area (Å²) in [6.07, 6.45) is 6.93. The molecule has 21 heavy (non-hydrogen) atoms. The molecule has 4 nitrogen and oxygen atoms in total. The summed E-state index contributed by atoms with van der Waals surface area (Å²) in [4.78, 5) is 24.3. The molecule has 0 N–H and O–H groups in total. The standard InChI is InChI=1S/C16H17ClN2O2/c17-14-6-2-5-13(9-14)11-19-8-7-18(15(20)16(19)21)10-12-3-1-4-12/h2,5-9,12H,1,3-4,10-11H2. The average Bonchev–Trinajstić information content (AvgIpc) is 2.41. The van der Waals surface area contributed by atoms with Gasteiger partial charge in [0.25, 0.3) is 0 Å². The molecule has 1 aromatic carbocycles. The van der Waals surface area contributed by atoms with Crippen molar-refractivity contribution in [3.63, 3.8) is 0 Å². The molecule has 1 saturated carbocycles. The fraction of sp³-hybridized carbons (Fsp3) is 0.375. The topological polar surface area (TPSA) is 44.0 Å². The van der Waals surface area contributed by atoms with Crippen LogP contribution in [0, 0.1) is 5.92 Å². The maximum Gasteiger partial charge on any atom is 0.316 e. The molecule has 1 aromatic heterocycles. The summed E-state index contributed by atoms with van der Waals surface area (Å²) < 4.78 is 2.98. The quantitative estimate of drug-likeness (QED) is 0.815. The fourth-order valence-electron chi connectivity index (χ4n) is 2.60. The van der Waals surface area contributed by atoms with E-state index in [1.807, 2.05) is 12.1 Å². The van der Waals surface area contributed by atoms with Gasteiger partial charge in [0.2, 0.25) is 0 Å². The Bertz CT molecular complexity index is 759. The van der Waals surface area contributed by atoms with Gasteiger partial charge in [0.05, 0.1) is 6.54 Å². The molecule has 2 aromatic rings. The van der Waals surface area contributed by atoms with Crippen molar-refractivity contribution >= 4 is 11.6 Å². The lowest BCUT2D eigenvalue weighted by atomic mass is 9.85. The van der Waals surface area contributed by atoms with Gasteiger partial charge >= 0.3 is 11.1 Å². The summed E-state index contributed by atoms with van der Waals surface area (Å²) in [5, 5.41) is 0.624. The predicted octanol–water partition coefficient (Wildman–Crippen LogP) is 2.51. The Kier molecular flexibility index (Phi) is 3.97. The van der Waals surface area contributed by atoms with Crippen LogP contribution < -0.4 is 11.1 Å². The average molecular weight is 305 g/mol. The first-order valence-corrected chi connectivity index (χ1v) is 7.55. The van der Waals surface area contributed by atoms with Crippen LogP contribution in [0.3, 0.4) is 0 Å². The van der Waals surface area contributed by atoms with Crippen LogP contribution in [0.25, 0.3) is 0 Å². The van der Waals surface area contributed by atoms with Gasteiger partial charge in [-0.25, -0.2) is 0 Å². The van der Waals surface area contributed by atoms with Crippen molar-refractivity contribution in [2.24, 2.45) is 5.92 Å². The highest BCUT2D eigenvalue weighted by Gasteiger charge is 2.18. The summed E-state index contributed by atoms with van der Waals surface area (Å²) in [6.45, 7) is 1.02. The number of halogens is 1.